The lowest BCUT2D eigenvalue weighted by Crippen LogP contribution is -2.39. The second-order valence-corrected chi connectivity index (χ2v) is 6.86. The third-order valence-corrected chi connectivity index (χ3v) is 5.09. The molecule has 0 bridgehead atoms. The van der Waals surface area contributed by atoms with E-state index in [-0.39, 0.29) is 17.3 Å². The van der Waals surface area contributed by atoms with E-state index >= 15 is 0 Å². The molecule has 0 saturated heterocycles. The summed E-state index contributed by atoms with van der Waals surface area (Å²) >= 11 is 0. The lowest BCUT2D eigenvalue weighted by molar-refractivity contribution is 0.532. The zero-order valence-electron chi connectivity index (χ0n) is 15.7. The van der Waals surface area contributed by atoms with Crippen molar-refractivity contribution in [1.82, 2.24) is 23.1 Å². The SMILES string of the molecule is CCCCCn1c(=O)c2c(nc3n([C@H](C)CC)c(C)cn23)n(C)c1=O. The van der Waals surface area contributed by atoms with E-state index in [2.05, 4.69) is 30.3 Å². The van der Waals surface area contributed by atoms with Gasteiger partial charge >= 0.3 is 5.69 Å². The van der Waals surface area contributed by atoms with Gasteiger partial charge in [-0.3, -0.25) is 18.3 Å². The number of nitrogens with zero attached hydrogens (tertiary/aromatic N) is 5. The van der Waals surface area contributed by atoms with Crippen molar-refractivity contribution in [2.24, 2.45) is 7.05 Å². The second-order valence-electron chi connectivity index (χ2n) is 6.86. The van der Waals surface area contributed by atoms with Gasteiger partial charge in [-0.05, 0) is 26.7 Å². The number of aryl methyl sites for hydroxylation is 2. The molecule has 7 heteroatoms. The molecular weight excluding hydrogens is 318 g/mol. The maximum absolute atomic E-state index is 13.0. The van der Waals surface area contributed by atoms with Crippen LogP contribution in [-0.2, 0) is 13.6 Å². The van der Waals surface area contributed by atoms with Gasteiger partial charge in [0.05, 0.1) is 0 Å². The van der Waals surface area contributed by atoms with Crippen LogP contribution in [0.1, 0.15) is 58.2 Å². The van der Waals surface area contributed by atoms with E-state index in [1.165, 1.54) is 9.13 Å². The molecule has 0 radical (unpaired) electrons. The summed E-state index contributed by atoms with van der Waals surface area (Å²) in [6, 6.07) is 0.276. The van der Waals surface area contributed by atoms with Gasteiger partial charge in [-0.15, -0.1) is 0 Å². The van der Waals surface area contributed by atoms with Gasteiger partial charge in [0.15, 0.2) is 11.2 Å². The van der Waals surface area contributed by atoms with Crippen molar-refractivity contribution >= 4 is 16.9 Å². The maximum atomic E-state index is 13.0. The molecule has 0 amide bonds. The molecule has 1 atom stereocenters. The van der Waals surface area contributed by atoms with Crippen molar-refractivity contribution in [1.29, 1.82) is 0 Å². The van der Waals surface area contributed by atoms with Crippen LogP contribution in [0.4, 0.5) is 0 Å². The van der Waals surface area contributed by atoms with Gasteiger partial charge in [-0.2, -0.15) is 4.98 Å². The van der Waals surface area contributed by atoms with Gasteiger partial charge in [0, 0.05) is 31.5 Å². The number of rotatable bonds is 6. The van der Waals surface area contributed by atoms with Crippen LogP contribution in [0.2, 0.25) is 0 Å². The van der Waals surface area contributed by atoms with E-state index in [0.29, 0.717) is 17.7 Å². The first-order valence-corrected chi connectivity index (χ1v) is 9.11. The van der Waals surface area contributed by atoms with Gasteiger partial charge in [0.2, 0.25) is 5.78 Å². The molecule has 0 saturated carbocycles. The first kappa shape index (κ1) is 17.5. The minimum atomic E-state index is -0.291. The van der Waals surface area contributed by atoms with Gasteiger partial charge in [-0.25, -0.2) is 4.79 Å². The van der Waals surface area contributed by atoms with E-state index < -0.39 is 0 Å². The maximum Gasteiger partial charge on any atom is 0.332 e. The number of fused-ring (bicyclic) bond motifs is 3. The fraction of sp³-hybridized carbons (Fsp3) is 0.611. The third kappa shape index (κ3) is 2.62. The lowest BCUT2D eigenvalue weighted by atomic mass is 10.2. The number of hydrogen-bond acceptors (Lipinski definition) is 3. The molecule has 0 fully saturated rings. The van der Waals surface area contributed by atoms with Crippen LogP contribution >= 0.6 is 0 Å². The van der Waals surface area contributed by atoms with E-state index in [1.807, 2.05) is 17.5 Å². The molecule has 0 aromatic carbocycles. The summed E-state index contributed by atoms with van der Waals surface area (Å²) in [6.07, 6.45) is 5.78. The first-order chi connectivity index (χ1) is 11.9. The average molecular weight is 345 g/mol. The Morgan fingerprint density at radius 2 is 1.92 bits per heavy atom. The van der Waals surface area contributed by atoms with Gasteiger partial charge in [-0.1, -0.05) is 26.7 Å². The van der Waals surface area contributed by atoms with Crippen LogP contribution in [0.15, 0.2) is 15.8 Å². The Labute approximate surface area is 146 Å². The minimum Gasteiger partial charge on any atom is -0.311 e. The van der Waals surface area contributed by atoms with E-state index in [4.69, 9.17) is 0 Å². The van der Waals surface area contributed by atoms with E-state index in [1.54, 1.807) is 7.05 Å². The highest BCUT2D eigenvalue weighted by Gasteiger charge is 2.21. The Balaban J connectivity index is 2.32. The van der Waals surface area contributed by atoms with Crippen molar-refractivity contribution in [3.8, 4) is 0 Å². The molecule has 3 heterocycles. The molecular formula is C18H27N5O2. The van der Waals surface area contributed by atoms with Crippen molar-refractivity contribution in [3.05, 3.63) is 32.7 Å². The highest BCUT2D eigenvalue weighted by Crippen LogP contribution is 2.22. The van der Waals surface area contributed by atoms with Crippen molar-refractivity contribution in [2.45, 2.75) is 66.0 Å². The Morgan fingerprint density at radius 1 is 1.20 bits per heavy atom. The highest BCUT2D eigenvalue weighted by atomic mass is 16.2. The van der Waals surface area contributed by atoms with Crippen LogP contribution in [0.25, 0.3) is 16.9 Å². The van der Waals surface area contributed by atoms with E-state index in [9.17, 15) is 9.59 Å². The first-order valence-electron chi connectivity index (χ1n) is 9.11. The summed E-state index contributed by atoms with van der Waals surface area (Å²) in [7, 11) is 1.69. The monoisotopic (exact) mass is 345 g/mol. The van der Waals surface area contributed by atoms with Crippen LogP contribution in [0, 0.1) is 6.92 Å². The van der Waals surface area contributed by atoms with Crippen LogP contribution in [-0.4, -0.2) is 23.1 Å². The molecule has 0 aliphatic rings. The third-order valence-electron chi connectivity index (χ3n) is 5.09. The molecule has 0 unspecified atom stereocenters. The van der Waals surface area contributed by atoms with Crippen molar-refractivity contribution in [2.75, 3.05) is 0 Å². The fourth-order valence-electron chi connectivity index (χ4n) is 3.47. The van der Waals surface area contributed by atoms with Crippen molar-refractivity contribution < 1.29 is 0 Å². The Morgan fingerprint density at radius 3 is 2.56 bits per heavy atom. The Hall–Kier alpha value is -2.31. The predicted molar refractivity (Wildman–Crippen MR) is 99.5 cm³/mol. The topological polar surface area (TPSA) is 66.2 Å². The quantitative estimate of drug-likeness (QED) is 0.645. The summed E-state index contributed by atoms with van der Waals surface area (Å²) in [5.74, 6) is 0.722. The van der Waals surface area contributed by atoms with Gasteiger partial charge in [0.25, 0.3) is 5.56 Å². The smallest absolute Gasteiger partial charge is 0.311 e. The number of unbranched alkanes of at least 4 members (excludes halogenated alkanes) is 2. The Kier molecular flexibility index (Phi) is 4.58. The zero-order chi connectivity index (χ0) is 18.3. The predicted octanol–water partition coefficient (Wildman–Crippen LogP) is 2.62. The minimum absolute atomic E-state index is 0.247. The molecule has 3 rings (SSSR count). The molecule has 3 aromatic rings. The van der Waals surface area contributed by atoms with E-state index in [0.717, 1.165) is 37.2 Å². The molecule has 0 N–H and O–H groups in total. The zero-order valence-corrected chi connectivity index (χ0v) is 15.7. The van der Waals surface area contributed by atoms with Crippen LogP contribution in [0.5, 0.6) is 0 Å². The molecule has 3 aromatic heterocycles. The molecule has 136 valence electrons. The normalized spacial score (nSPS) is 13.2. The molecule has 25 heavy (non-hydrogen) atoms. The highest BCUT2D eigenvalue weighted by molar-refractivity contribution is 5.75. The summed E-state index contributed by atoms with van der Waals surface area (Å²) in [5.41, 5.74) is 1.46. The number of hydrogen-bond donors (Lipinski definition) is 0. The largest absolute Gasteiger partial charge is 0.332 e. The molecule has 0 aliphatic carbocycles. The van der Waals surface area contributed by atoms with Gasteiger partial charge in [0.1, 0.15) is 0 Å². The number of imidazole rings is 2. The summed E-state index contributed by atoms with van der Waals surface area (Å²) < 4.78 is 6.81. The lowest BCUT2D eigenvalue weighted by Gasteiger charge is -2.12. The summed E-state index contributed by atoms with van der Waals surface area (Å²) in [6.45, 7) is 8.83. The second kappa shape index (κ2) is 6.54. The number of aromatic nitrogens is 5. The molecule has 7 nitrogen and oxygen atoms in total. The summed E-state index contributed by atoms with van der Waals surface area (Å²) in [5, 5.41) is 0. The van der Waals surface area contributed by atoms with Crippen LogP contribution in [0.3, 0.4) is 0 Å². The fourth-order valence-corrected chi connectivity index (χ4v) is 3.47. The average Bonchev–Trinajstić information content (AvgIpc) is 3.10. The molecule has 0 aliphatic heterocycles. The molecule has 0 spiro atoms. The van der Waals surface area contributed by atoms with Gasteiger partial charge < -0.3 is 4.57 Å². The standard InChI is InChI=1S/C18H27N5O2/c1-6-8-9-10-21-16(24)14-15(20(5)18(21)25)19-17-22(14)11-13(4)23(17)12(3)7-2/h11-12H,6-10H2,1-5H3/t12-/m1/s1. The Bertz CT molecular complexity index is 1030. The van der Waals surface area contributed by atoms with Crippen LogP contribution < -0.4 is 11.2 Å². The summed E-state index contributed by atoms with van der Waals surface area (Å²) in [4.78, 5) is 30.3. The van der Waals surface area contributed by atoms with Crippen molar-refractivity contribution in [3.63, 3.8) is 0 Å².